The number of amides is 2. The third kappa shape index (κ3) is 5.87. The van der Waals surface area contributed by atoms with Crippen LogP contribution < -0.4 is 20.1 Å². The van der Waals surface area contributed by atoms with Crippen LogP contribution in [0.25, 0.3) is 0 Å². The van der Waals surface area contributed by atoms with Crippen molar-refractivity contribution < 1.29 is 23.5 Å². The molecule has 2 N–H and O–H groups in total. The Kier molecular flexibility index (Phi) is 6.89. The summed E-state index contributed by atoms with van der Waals surface area (Å²) in [6.07, 6.45) is 1.55. The molecule has 0 unspecified atom stereocenters. The molecule has 0 saturated carbocycles. The van der Waals surface area contributed by atoms with E-state index in [1.165, 1.54) is 0 Å². The lowest BCUT2D eigenvalue weighted by Gasteiger charge is -2.09. The lowest BCUT2D eigenvalue weighted by atomic mass is 10.1. The maximum atomic E-state index is 12.2. The van der Waals surface area contributed by atoms with E-state index in [-0.39, 0.29) is 11.8 Å². The average Bonchev–Trinajstić information content (AvgIpc) is 3.29. The molecule has 150 valence electrons. The first-order valence-corrected chi connectivity index (χ1v) is 9.11. The van der Waals surface area contributed by atoms with Crippen LogP contribution >= 0.6 is 0 Å². The summed E-state index contributed by atoms with van der Waals surface area (Å²) in [7, 11) is 1.60. The van der Waals surface area contributed by atoms with Gasteiger partial charge in [-0.1, -0.05) is 0 Å². The largest absolute Gasteiger partial charge is 0.497 e. The van der Waals surface area contributed by atoms with E-state index in [4.69, 9.17) is 13.9 Å². The van der Waals surface area contributed by atoms with Crippen LogP contribution in [0.2, 0.25) is 0 Å². The van der Waals surface area contributed by atoms with Crippen molar-refractivity contribution in [3.63, 3.8) is 0 Å². The van der Waals surface area contributed by atoms with E-state index in [0.29, 0.717) is 42.3 Å². The number of hydrogen-bond acceptors (Lipinski definition) is 5. The standard InChI is InChI=1S/C22H22N2O5/c1-27-18-8-10-19(11-9-18)29-14-12-23-21(25)16-4-6-17(7-5-16)22(26)24-15-20-3-2-13-28-20/h2-11,13H,12,14-15H2,1H3,(H,23,25)(H,24,26). The van der Waals surface area contributed by atoms with Gasteiger partial charge in [0.1, 0.15) is 23.9 Å². The zero-order valence-electron chi connectivity index (χ0n) is 16.0. The van der Waals surface area contributed by atoms with Gasteiger partial charge in [0.05, 0.1) is 26.5 Å². The van der Waals surface area contributed by atoms with E-state index in [2.05, 4.69) is 10.6 Å². The zero-order chi connectivity index (χ0) is 20.5. The quantitative estimate of drug-likeness (QED) is 0.545. The molecule has 2 aromatic carbocycles. The molecule has 29 heavy (non-hydrogen) atoms. The average molecular weight is 394 g/mol. The predicted octanol–water partition coefficient (Wildman–Crippen LogP) is 3.03. The van der Waals surface area contributed by atoms with Gasteiger partial charge < -0.3 is 24.5 Å². The van der Waals surface area contributed by atoms with Gasteiger partial charge in [0.2, 0.25) is 0 Å². The third-order valence-electron chi connectivity index (χ3n) is 4.13. The first-order chi connectivity index (χ1) is 14.2. The summed E-state index contributed by atoms with van der Waals surface area (Å²) in [6, 6.07) is 17.2. The van der Waals surface area contributed by atoms with Crippen molar-refractivity contribution in [2.45, 2.75) is 6.54 Å². The first-order valence-electron chi connectivity index (χ1n) is 9.11. The molecule has 0 fully saturated rings. The number of furan rings is 1. The van der Waals surface area contributed by atoms with Gasteiger partial charge in [-0.25, -0.2) is 0 Å². The molecule has 7 nitrogen and oxygen atoms in total. The second kappa shape index (κ2) is 9.98. The van der Waals surface area contributed by atoms with Crippen LogP contribution in [0.3, 0.4) is 0 Å². The molecule has 3 rings (SSSR count). The van der Waals surface area contributed by atoms with Crippen LogP contribution in [-0.4, -0.2) is 32.1 Å². The van der Waals surface area contributed by atoms with E-state index in [0.717, 1.165) is 5.75 Å². The molecule has 0 bridgehead atoms. The third-order valence-corrected chi connectivity index (χ3v) is 4.13. The topological polar surface area (TPSA) is 89.8 Å². The van der Waals surface area contributed by atoms with Crippen molar-refractivity contribution in [3.8, 4) is 11.5 Å². The molecule has 1 aromatic heterocycles. The van der Waals surface area contributed by atoms with Crippen LogP contribution in [0, 0.1) is 0 Å². The molecular formula is C22H22N2O5. The monoisotopic (exact) mass is 394 g/mol. The molecular weight excluding hydrogens is 372 g/mol. The summed E-state index contributed by atoms with van der Waals surface area (Å²) in [5, 5.41) is 5.54. The Hall–Kier alpha value is -3.74. The molecule has 1 heterocycles. The van der Waals surface area contributed by atoms with Crippen molar-refractivity contribution in [2.75, 3.05) is 20.3 Å². The molecule has 0 radical (unpaired) electrons. The van der Waals surface area contributed by atoms with E-state index in [1.807, 2.05) is 0 Å². The van der Waals surface area contributed by atoms with E-state index < -0.39 is 0 Å². The van der Waals surface area contributed by atoms with Crippen molar-refractivity contribution in [1.82, 2.24) is 10.6 Å². The van der Waals surface area contributed by atoms with Gasteiger partial charge in [-0.2, -0.15) is 0 Å². The second-order valence-electron chi connectivity index (χ2n) is 6.12. The number of hydrogen-bond donors (Lipinski definition) is 2. The SMILES string of the molecule is COc1ccc(OCCNC(=O)c2ccc(C(=O)NCc3ccco3)cc2)cc1. The molecule has 0 aliphatic heterocycles. The van der Waals surface area contributed by atoms with Crippen LogP contribution in [0.15, 0.2) is 71.3 Å². The van der Waals surface area contributed by atoms with E-state index >= 15 is 0 Å². The van der Waals surface area contributed by atoms with Gasteiger partial charge in [-0.05, 0) is 60.7 Å². The second-order valence-corrected chi connectivity index (χ2v) is 6.12. The number of carbonyl (C=O) groups is 2. The molecule has 0 spiro atoms. The summed E-state index contributed by atoms with van der Waals surface area (Å²) in [5.74, 6) is 1.66. The molecule has 2 amide bonds. The smallest absolute Gasteiger partial charge is 0.251 e. The van der Waals surface area contributed by atoms with Gasteiger partial charge in [0.15, 0.2) is 0 Å². The van der Waals surface area contributed by atoms with Crippen molar-refractivity contribution in [1.29, 1.82) is 0 Å². The van der Waals surface area contributed by atoms with Crippen LogP contribution in [0.1, 0.15) is 26.5 Å². The maximum absolute atomic E-state index is 12.2. The van der Waals surface area contributed by atoms with E-state index in [1.54, 1.807) is 74.0 Å². The number of carbonyl (C=O) groups excluding carboxylic acids is 2. The minimum absolute atomic E-state index is 0.231. The van der Waals surface area contributed by atoms with Gasteiger partial charge in [-0.15, -0.1) is 0 Å². The Bertz CT molecular complexity index is 919. The highest BCUT2D eigenvalue weighted by atomic mass is 16.5. The van der Waals surface area contributed by atoms with Crippen LogP contribution in [0.5, 0.6) is 11.5 Å². The van der Waals surface area contributed by atoms with Crippen molar-refractivity contribution >= 4 is 11.8 Å². The fraction of sp³-hybridized carbons (Fsp3) is 0.182. The van der Waals surface area contributed by atoms with E-state index in [9.17, 15) is 9.59 Å². The Morgan fingerprint density at radius 3 is 2.07 bits per heavy atom. The molecule has 3 aromatic rings. The zero-order valence-corrected chi connectivity index (χ0v) is 16.0. The normalized spacial score (nSPS) is 10.2. The minimum atomic E-state index is -0.235. The molecule has 7 heteroatoms. The number of benzene rings is 2. The van der Waals surface area contributed by atoms with Crippen LogP contribution in [0.4, 0.5) is 0 Å². The molecule has 0 aliphatic rings. The number of nitrogens with one attached hydrogen (secondary N) is 2. The summed E-state index contributed by atoms with van der Waals surface area (Å²) >= 11 is 0. The lowest BCUT2D eigenvalue weighted by Crippen LogP contribution is -2.28. The van der Waals surface area contributed by atoms with Gasteiger partial charge >= 0.3 is 0 Å². The lowest BCUT2D eigenvalue weighted by molar-refractivity contribution is 0.0936. The Balaban J connectivity index is 1.41. The minimum Gasteiger partial charge on any atom is -0.497 e. The summed E-state index contributed by atoms with van der Waals surface area (Å²) in [6.45, 7) is 1.00. The van der Waals surface area contributed by atoms with Crippen molar-refractivity contribution in [2.24, 2.45) is 0 Å². The molecule has 0 saturated heterocycles. The highest BCUT2D eigenvalue weighted by Gasteiger charge is 2.09. The number of methoxy groups -OCH3 is 1. The Morgan fingerprint density at radius 1 is 0.862 bits per heavy atom. The van der Waals surface area contributed by atoms with Crippen molar-refractivity contribution in [3.05, 3.63) is 83.8 Å². The maximum Gasteiger partial charge on any atom is 0.251 e. The Labute approximate surface area is 168 Å². The highest BCUT2D eigenvalue weighted by Crippen LogP contribution is 2.16. The number of ether oxygens (including phenoxy) is 2. The van der Waals surface area contributed by atoms with Gasteiger partial charge in [0.25, 0.3) is 11.8 Å². The number of rotatable bonds is 9. The highest BCUT2D eigenvalue weighted by molar-refractivity contribution is 5.97. The van der Waals surface area contributed by atoms with Gasteiger partial charge in [-0.3, -0.25) is 9.59 Å². The van der Waals surface area contributed by atoms with Crippen LogP contribution in [-0.2, 0) is 6.54 Å². The van der Waals surface area contributed by atoms with Gasteiger partial charge in [0, 0.05) is 11.1 Å². The molecule has 0 atom stereocenters. The fourth-order valence-corrected chi connectivity index (χ4v) is 2.56. The first kappa shape index (κ1) is 20.0. The summed E-state index contributed by atoms with van der Waals surface area (Å²) in [5.41, 5.74) is 0.938. The molecule has 0 aliphatic carbocycles. The fourth-order valence-electron chi connectivity index (χ4n) is 2.56. The summed E-state index contributed by atoms with van der Waals surface area (Å²) < 4.78 is 15.8. The summed E-state index contributed by atoms with van der Waals surface area (Å²) in [4.78, 5) is 24.3. The predicted molar refractivity (Wildman–Crippen MR) is 107 cm³/mol. The Morgan fingerprint density at radius 2 is 1.48 bits per heavy atom.